The number of hydrogen-bond donors (Lipinski definition) is 1. The second-order valence-corrected chi connectivity index (χ2v) is 7.80. The van der Waals surface area contributed by atoms with E-state index in [4.69, 9.17) is 5.26 Å². The Bertz CT molecular complexity index is 1100. The number of carbonyl (C=O) groups is 2. The van der Waals surface area contributed by atoms with Crippen molar-refractivity contribution in [3.05, 3.63) is 65.0 Å². The number of amides is 2. The number of nitriles is 1. The van der Waals surface area contributed by atoms with Crippen molar-refractivity contribution in [1.82, 2.24) is 10.2 Å². The number of alkyl halides is 3. The standard InChI is InChI=1S/C22H18F4N4O2/c23-17-9-15(10-27)3-6-18(17)29-12-19(31)30(21(20(29)32)7-8-28-13-21)11-14-1-4-16(5-2-14)22(24,25)26/h1-6,9,28H,7-8,11-13H2/t21-/m0/s1. The maximum absolute atomic E-state index is 14.6. The molecule has 4 rings (SSSR count). The summed E-state index contributed by atoms with van der Waals surface area (Å²) in [6.45, 7) is 0.136. The van der Waals surface area contributed by atoms with Crippen LogP contribution in [0.1, 0.15) is 23.1 Å². The Balaban J connectivity index is 1.65. The molecule has 2 saturated heterocycles. The van der Waals surface area contributed by atoms with Gasteiger partial charge in [0.1, 0.15) is 17.9 Å². The SMILES string of the molecule is N#Cc1ccc(N2CC(=O)N(Cc3ccc(C(F)(F)F)cc3)[C@]3(CCNC3)C2=O)c(F)c1. The topological polar surface area (TPSA) is 76.4 Å². The summed E-state index contributed by atoms with van der Waals surface area (Å²) in [7, 11) is 0. The van der Waals surface area contributed by atoms with Crippen LogP contribution in [0.15, 0.2) is 42.5 Å². The molecule has 0 unspecified atom stereocenters. The summed E-state index contributed by atoms with van der Waals surface area (Å²) < 4.78 is 53.1. The molecule has 6 nitrogen and oxygen atoms in total. The molecule has 0 radical (unpaired) electrons. The van der Waals surface area contributed by atoms with Crippen LogP contribution in [0.3, 0.4) is 0 Å². The van der Waals surface area contributed by atoms with Gasteiger partial charge in [-0.25, -0.2) is 4.39 Å². The van der Waals surface area contributed by atoms with E-state index in [-0.39, 0.29) is 30.8 Å². The third-order valence-electron chi connectivity index (χ3n) is 5.88. The molecule has 166 valence electrons. The summed E-state index contributed by atoms with van der Waals surface area (Å²) in [5.74, 6) is -1.71. The minimum atomic E-state index is -4.47. The van der Waals surface area contributed by atoms with Crippen molar-refractivity contribution in [2.24, 2.45) is 0 Å². The van der Waals surface area contributed by atoms with Gasteiger partial charge < -0.3 is 10.2 Å². The van der Waals surface area contributed by atoms with Gasteiger partial charge in [0.2, 0.25) is 5.91 Å². The van der Waals surface area contributed by atoms with Gasteiger partial charge in [-0.3, -0.25) is 14.5 Å². The van der Waals surface area contributed by atoms with E-state index >= 15 is 0 Å². The molecule has 1 spiro atoms. The first-order valence-electron chi connectivity index (χ1n) is 9.85. The number of piperazine rings is 1. The summed E-state index contributed by atoms with van der Waals surface area (Å²) in [6, 6.07) is 9.90. The first-order chi connectivity index (χ1) is 15.2. The van der Waals surface area contributed by atoms with Crippen molar-refractivity contribution in [3.8, 4) is 6.07 Å². The second kappa shape index (κ2) is 7.91. The molecule has 0 aliphatic carbocycles. The number of carbonyl (C=O) groups excluding carboxylic acids is 2. The fourth-order valence-corrected chi connectivity index (χ4v) is 4.20. The molecule has 1 N–H and O–H groups in total. The van der Waals surface area contributed by atoms with Gasteiger partial charge in [-0.15, -0.1) is 0 Å². The van der Waals surface area contributed by atoms with Crippen LogP contribution < -0.4 is 10.2 Å². The van der Waals surface area contributed by atoms with E-state index in [1.54, 1.807) is 0 Å². The lowest BCUT2D eigenvalue weighted by Gasteiger charge is -2.47. The number of nitrogens with zero attached hydrogens (tertiary/aromatic N) is 3. The number of benzene rings is 2. The molecule has 10 heteroatoms. The first-order valence-corrected chi connectivity index (χ1v) is 9.85. The van der Waals surface area contributed by atoms with E-state index in [1.807, 2.05) is 6.07 Å². The molecule has 2 aliphatic heterocycles. The lowest BCUT2D eigenvalue weighted by atomic mass is 9.90. The lowest BCUT2D eigenvalue weighted by Crippen LogP contribution is -2.69. The highest BCUT2D eigenvalue weighted by Crippen LogP contribution is 2.35. The zero-order valence-electron chi connectivity index (χ0n) is 16.7. The van der Waals surface area contributed by atoms with E-state index < -0.39 is 41.5 Å². The molecule has 2 heterocycles. The zero-order valence-corrected chi connectivity index (χ0v) is 16.7. The van der Waals surface area contributed by atoms with Crippen molar-refractivity contribution in [3.63, 3.8) is 0 Å². The Hall–Kier alpha value is -3.45. The van der Waals surface area contributed by atoms with Crippen LogP contribution in [-0.4, -0.2) is 41.9 Å². The molecule has 2 aromatic rings. The third kappa shape index (κ3) is 3.69. The van der Waals surface area contributed by atoms with Crippen LogP contribution in [-0.2, 0) is 22.3 Å². The van der Waals surface area contributed by atoms with E-state index in [0.29, 0.717) is 12.1 Å². The van der Waals surface area contributed by atoms with Crippen molar-refractivity contribution in [2.45, 2.75) is 24.7 Å². The maximum atomic E-state index is 14.6. The second-order valence-electron chi connectivity index (χ2n) is 7.80. The van der Waals surface area contributed by atoms with Gasteiger partial charge in [-0.1, -0.05) is 12.1 Å². The van der Waals surface area contributed by atoms with Gasteiger partial charge in [0, 0.05) is 13.1 Å². The average Bonchev–Trinajstić information content (AvgIpc) is 3.24. The van der Waals surface area contributed by atoms with Gasteiger partial charge in [0.15, 0.2) is 0 Å². The van der Waals surface area contributed by atoms with Gasteiger partial charge >= 0.3 is 6.18 Å². The van der Waals surface area contributed by atoms with Crippen molar-refractivity contribution in [1.29, 1.82) is 5.26 Å². The Morgan fingerprint density at radius 2 is 1.84 bits per heavy atom. The van der Waals surface area contributed by atoms with Crippen molar-refractivity contribution < 1.29 is 27.2 Å². The quantitative estimate of drug-likeness (QED) is 0.736. The van der Waals surface area contributed by atoms with E-state index in [0.717, 1.165) is 23.1 Å². The molecule has 0 saturated carbocycles. The molecule has 2 fully saturated rings. The highest BCUT2D eigenvalue weighted by molar-refractivity contribution is 6.09. The van der Waals surface area contributed by atoms with Crippen molar-refractivity contribution in [2.75, 3.05) is 24.5 Å². The fourth-order valence-electron chi connectivity index (χ4n) is 4.20. The fraction of sp³-hybridized carbons (Fsp3) is 0.318. The third-order valence-corrected chi connectivity index (χ3v) is 5.88. The predicted molar refractivity (Wildman–Crippen MR) is 106 cm³/mol. The number of rotatable bonds is 3. The van der Waals surface area contributed by atoms with Crippen LogP contribution in [0.4, 0.5) is 23.2 Å². The molecule has 2 aliphatic rings. The molecular formula is C22H18F4N4O2. The molecule has 0 aromatic heterocycles. The smallest absolute Gasteiger partial charge is 0.321 e. The molecule has 2 aromatic carbocycles. The van der Waals surface area contributed by atoms with Crippen LogP contribution in [0, 0.1) is 17.1 Å². The number of halogens is 4. The molecule has 2 amide bonds. The molecule has 1 atom stereocenters. The van der Waals surface area contributed by atoms with Gasteiger partial charge in [-0.05, 0) is 48.9 Å². The normalized spacial score (nSPS) is 21.3. The van der Waals surface area contributed by atoms with Gasteiger partial charge in [0.25, 0.3) is 5.91 Å². The molecule has 0 bridgehead atoms. The maximum Gasteiger partial charge on any atom is 0.416 e. The van der Waals surface area contributed by atoms with Gasteiger partial charge in [-0.2, -0.15) is 18.4 Å². The number of hydrogen-bond acceptors (Lipinski definition) is 4. The van der Waals surface area contributed by atoms with Crippen LogP contribution in [0.25, 0.3) is 0 Å². The lowest BCUT2D eigenvalue weighted by molar-refractivity contribution is -0.150. The highest BCUT2D eigenvalue weighted by atomic mass is 19.4. The summed E-state index contributed by atoms with van der Waals surface area (Å²) in [5, 5.41) is 12.0. The van der Waals surface area contributed by atoms with E-state index in [9.17, 15) is 27.2 Å². The number of nitrogens with one attached hydrogen (secondary N) is 1. The Labute approximate surface area is 181 Å². The van der Waals surface area contributed by atoms with Crippen LogP contribution in [0.2, 0.25) is 0 Å². The first kappa shape index (κ1) is 21.8. The van der Waals surface area contributed by atoms with Crippen LogP contribution >= 0.6 is 0 Å². The predicted octanol–water partition coefficient (Wildman–Crippen LogP) is 2.82. The highest BCUT2D eigenvalue weighted by Gasteiger charge is 2.54. The largest absolute Gasteiger partial charge is 0.416 e. The Morgan fingerprint density at radius 3 is 2.41 bits per heavy atom. The molecular weight excluding hydrogens is 428 g/mol. The van der Waals surface area contributed by atoms with Gasteiger partial charge in [0.05, 0.1) is 22.9 Å². The minimum Gasteiger partial charge on any atom is -0.321 e. The summed E-state index contributed by atoms with van der Waals surface area (Å²) >= 11 is 0. The van der Waals surface area contributed by atoms with E-state index in [1.165, 1.54) is 29.2 Å². The Morgan fingerprint density at radius 1 is 1.12 bits per heavy atom. The van der Waals surface area contributed by atoms with Crippen LogP contribution in [0.5, 0.6) is 0 Å². The summed E-state index contributed by atoms with van der Waals surface area (Å²) in [5.41, 5.74) is -1.64. The minimum absolute atomic E-state index is 0.0475. The summed E-state index contributed by atoms with van der Waals surface area (Å²) in [6.07, 6.45) is -4.19. The van der Waals surface area contributed by atoms with Crippen molar-refractivity contribution >= 4 is 17.5 Å². The average molecular weight is 446 g/mol. The van der Waals surface area contributed by atoms with E-state index in [2.05, 4.69) is 5.32 Å². The summed E-state index contributed by atoms with van der Waals surface area (Å²) in [4.78, 5) is 29.0. The Kier molecular flexibility index (Phi) is 5.38. The number of anilines is 1. The molecule has 32 heavy (non-hydrogen) atoms. The zero-order chi connectivity index (χ0) is 23.1. The monoisotopic (exact) mass is 446 g/mol.